The largest absolute Gasteiger partial charge is 0.377 e. The van der Waals surface area contributed by atoms with Crippen molar-refractivity contribution in [3.63, 3.8) is 0 Å². The van der Waals surface area contributed by atoms with Crippen molar-refractivity contribution in [3.05, 3.63) is 48.0 Å². The van der Waals surface area contributed by atoms with Crippen molar-refractivity contribution in [1.29, 1.82) is 0 Å². The van der Waals surface area contributed by atoms with Gasteiger partial charge in [0.1, 0.15) is 0 Å². The fraction of sp³-hybridized carbons (Fsp3) is 0.231. The molecule has 0 spiro atoms. The van der Waals surface area contributed by atoms with Gasteiger partial charge >= 0.3 is 0 Å². The van der Waals surface area contributed by atoms with Crippen LogP contribution in [-0.2, 0) is 0 Å². The van der Waals surface area contributed by atoms with Crippen LogP contribution in [0.2, 0.25) is 5.02 Å². The third-order valence-electron chi connectivity index (χ3n) is 2.64. The average Bonchev–Trinajstić information content (AvgIpc) is 2.73. The number of halogens is 3. The zero-order valence-corrected chi connectivity index (χ0v) is 14.7. The van der Waals surface area contributed by atoms with E-state index < -0.39 is 0 Å². The number of hydrogen-bond donors (Lipinski definition) is 1. The summed E-state index contributed by atoms with van der Waals surface area (Å²) in [6.07, 6.45) is 0. The number of hydrogen-bond acceptors (Lipinski definition) is 2. The highest BCUT2D eigenvalue weighted by Crippen LogP contribution is 2.34. The molecule has 0 aliphatic heterocycles. The van der Waals surface area contributed by atoms with Gasteiger partial charge in [0.25, 0.3) is 0 Å². The molecule has 2 rings (SSSR count). The van der Waals surface area contributed by atoms with Crippen molar-refractivity contribution in [1.82, 2.24) is 0 Å². The minimum atomic E-state index is 0.247. The summed E-state index contributed by atoms with van der Waals surface area (Å²) in [5, 5.41) is 4.24. The first kappa shape index (κ1) is 14.4. The quantitative estimate of drug-likeness (QED) is 0.618. The van der Waals surface area contributed by atoms with E-state index in [1.165, 1.54) is 4.88 Å². The summed E-state index contributed by atoms with van der Waals surface area (Å²) in [6.45, 7) is 4.13. The van der Waals surface area contributed by atoms with Crippen molar-refractivity contribution < 1.29 is 0 Å². The normalized spacial score (nSPS) is 12.5. The highest BCUT2D eigenvalue weighted by atomic mass is 79.9. The fourth-order valence-electron chi connectivity index (χ4n) is 1.62. The predicted octanol–water partition coefficient (Wildman–Crippen LogP) is 6.41. The van der Waals surface area contributed by atoms with Crippen molar-refractivity contribution in [2.45, 2.75) is 19.9 Å². The molecule has 1 aromatic heterocycles. The molecule has 0 saturated heterocycles. The molecule has 1 atom stereocenters. The molecule has 2 aromatic rings. The van der Waals surface area contributed by atoms with Gasteiger partial charge in [0.2, 0.25) is 0 Å². The highest BCUT2D eigenvalue weighted by molar-refractivity contribution is 9.11. The zero-order chi connectivity index (χ0) is 13.3. The molecule has 0 amide bonds. The Hall–Kier alpha value is -0.0300. The van der Waals surface area contributed by atoms with E-state index in [-0.39, 0.29) is 6.04 Å². The van der Waals surface area contributed by atoms with Crippen LogP contribution in [-0.4, -0.2) is 0 Å². The number of anilines is 1. The van der Waals surface area contributed by atoms with Crippen molar-refractivity contribution in [2.24, 2.45) is 0 Å². The van der Waals surface area contributed by atoms with Crippen LogP contribution in [0.5, 0.6) is 0 Å². The first-order valence-corrected chi connectivity index (χ1v) is 8.23. The maximum Gasteiger partial charge on any atom is 0.0702 e. The molecule has 1 nitrogen and oxygen atoms in total. The molecule has 96 valence electrons. The molecule has 18 heavy (non-hydrogen) atoms. The van der Waals surface area contributed by atoms with Crippen LogP contribution in [0, 0.1) is 6.92 Å². The van der Waals surface area contributed by atoms with E-state index in [2.05, 4.69) is 56.2 Å². The van der Waals surface area contributed by atoms with Gasteiger partial charge in [-0.25, -0.2) is 0 Å². The van der Waals surface area contributed by atoms with Crippen molar-refractivity contribution >= 4 is 60.5 Å². The van der Waals surface area contributed by atoms with Gasteiger partial charge in [0.15, 0.2) is 0 Å². The zero-order valence-electron chi connectivity index (χ0n) is 9.93. The summed E-state index contributed by atoms with van der Waals surface area (Å²) in [4.78, 5) is 1.28. The SMILES string of the molecule is Cc1cc(Br)c(NC(C)c2ccc(Br)s2)cc1Cl. The van der Waals surface area contributed by atoms with Crippen LogP contribution in [0.4, 0.5) is 5.69 Å². The van der Waals surface area contributed by atoms with Gasteiger partial charge in [-0.3, -0.25) is 0 Å². The summed E-state index contributed by atoms with van der Waals surface area (Å²) in [7, 11) is 0. The predicted molar refractivity (Wildman–Crippen MR) is 87.9 cm³/mol. The van der Waals surface area contributed by atoms with E-state index in [1.54, 1.807) is 11.3 Å². The number of thiophene rings is 1. The molecule has 1 aromatic carbocycles. The molecule has 0 aliphatic carbocycles. The molecular weight excluding hydrogens is 397 g/mol. The topological polar surface area (TPSA) is 12.0 Å². The van der Waals surface area contributed by atoms with Gasteiger partial charge in [-0.1, -0.05) is 11.6 Å². The summed E-state index contributed by atoms with van der Waals surface area (Å²) >= 11 is 14.9. The van der Waals surface area contributed by atoms with E-state index in [0.717, 1.165) is 24.5 Å². The molecule has 0 fully saturated rings. The van der Waals surface area contributed by atoms with Gasteiger partial charge in [-0.05, 0) is 75.5 Å². The van der Waals surface area contributed by atoms with Gasteiger partial charge < -0.3 is 5.32 Å². The lowest BCUT2D eigenvalue weighted by atomic mass is 10.2. The molecule has 0 bridgehead atoms. The lowest BCUT2D eigenvalue weighted by Crippen LogP contribution is -2.05. The maximum absolute atomic E-state index is 6.15. The molecule has 5 heteroatoms. The second kappa shape index (κ2) is 5.95. The molecule has 1 heterocycles. The summed E-state index contributed by atoms with van der Waals surface area (Å²) in [5.74, 6) is 0. The Kier molecular flexibility index (Phi) is 4.75. The van der Waals surface area contributed by atoms with E-state index >= 15 is 0 Å². The van der Waals surface area contributed by atoms with Crippen LogP contribution >= 0.6 is 54.8 Å². The second-order valence-electron chi connectivity index (χ2n) is 4.09. The van der Waals surface area contributed by atoms with Gasteiger partial charge in [0, 0.05) is 14.4 Å². The Labute approximate surface area is 133 Å². The minimum absolute atomic E-state index is 0.247. The van der Waals surface area contributed by atoms with E-state index in [4.69, 9.17) is 11.6 Å². The lowest BCUT2D eigenvalue weighted by Gasteiger charge is -2.16. The minimum Gasteiger partial charge on any atom is -0.377 e. The van der Waals surface area contributed by atoms with Crippen LogP contribution in [0.1, 0.15) is 23.4 Å². The highest BCUT2D eigenvalue weighted by Gasteiger charge is 2.11. The molecule has 1 unspecified atom stereocenters. The molecular formula is C13H12Br2ClNS. The number of nitrogens with one attached hydrogen (secondary N) is 1. The van der Waals surface area contributed by atoms with Crippen LogP contribution < -0.4 is 5.32 Å². The lowest BCUT2D eigenvalue weighted by molar-refractivity contribution is 0.906. The van der Waals surface area contributed by atoms with Gasteiger partial charge in [-0.2, -0.15) is 0 Å². The first-order valence-electron chi connectivity index (χ1n) is 5.45. The van der Waals surface area contributed by atoms with E-state index in [0.29, 0.717) is 0 Å². The van der Waals surface area contributed by atoms with Crippen molar-refractivity contribution in [3.8, 4) is 0 Å². The van der Waals surface area contributed by atoms with Crippen LogP contribution in [0.3, 0.4) is 0 Å². The summed E-state index contributed by atoms with van der Waals surface area (Å²) < 4.78 is 2.18. The summed E-state index contributed by atoms with van der Waals surface area (Å²) in [5.41, 5.74) is 2.09. The Bertz CT molecular complexity index is 568. The van der Waals surface area contributed by atoms with E-state index in [9.17, 15) is 0 Å². The standard InChI is InChI=1S/C13H12Br2ClNS/c1-7-5-9(14)11(6-10(7)16)17-8(2)12-3-4-13(15)18-12/h3-6,8,17H,1-2H3. The fourth-order valence-corrected chi connectivity index (χ4v) is 3.78. The van der Waals surface area contributed by atoms with Gasteiger partial charge in [0.05, 0.1) is 15.5 Å². The average molecular weight is 410 g/mol. The number of benzene rings is 1. The molecule has 0 radical (unpaired) electrons. The van der Waals surface area contributed by atoms with Crippen LogP contribution in [0.25, 0.3) is 0 Å². The molecule has 0 saturated carbocycles. The van der Waals surface area contributed by atoms with E-state index in [1.807, 2.05) is 19.1 Å². The second-order valence-corrected chi connectivity index (χ2v) is 7.85. The Balaban J connectivity index is 2.21. The monoisotopic (exact) mass is 407 g/mol. The number of rotatable bonds is 3. The molecule has 0 aliphatic rings. The van der Waals surface area contributed by atoms with Gasteiger partial charge in [-0.15, -0.1) is 11.3 Å². The summed E-state index contributed by atoms with van der Waals surface area (Å²) in [6, 6.07) is 8.42. The maximum atomic E-state index is 6.15. The number of aryl methyl sites for hydroxylation is 1. The Morgan fingerprint density at radius 2 is 2.00 bits per heavy atom. The van der Waals surface area contributed by atoms with Crippen LogP contribution in [0.15, 0.2) is 32.5 Å². The Morgan fingerprint density at radius 1 is 1.28 bits per heavy atom. The third-order valence-corrected chi connectivity index (χ3v) is 5.51. The smallest absolute Gasteiger partial charge is 0.0702 e. The Morgan fingerprint density at radius 3 is 2.61 bits per heavy atom. The van der Waals surface area contributed by atoms with Crippen molar-refractivity contribution in [2.75, 3.05) is 5.32 Å². The third kappa shape index (κ3) is 3.29. The molecule has 1 N–H and O–H groups in total. The first-order chi connectivity index (χ1) is 8.47.